The Kier molecular flexibility index (Phi) is 4.83. The Balaban J connectivity index is 2.39. The molecule has 0 bridgehead atoms. The number of hydrogen-bond donors (Lipinski definition) is 2. The maximum absolute atomic E-state index is 4.52. The van der Waals surface area contributed by atoms with Crippen molar-refractivity contribution < 1.29 is 0 Å². The summed E-state index contributed by atoms with van der Waals surface area (Å²) in [7, 11) is 0. The van der Waals surface area contributed by atoms with Crippen molar-refractivity contribution in [3.05, 3.63) is 39.1 Å². The van der Waals surface area contributed by atoms with E-state index in [0.29, 0.717) is 0 Å². The highest BCUT2D eigenvalue weighted by Gasteiger charge is 2.10. The number of anilines is 3. The first-order valence-corrected chi connectivity index (χ1v) is 7.84. The molecule has 21 heavy (non-hydrogen) atoms. The minimum Gasteiger partial charge on any atom is -0.370 e. The van der Waals surface area contributed by atoms with Crippen LogP contribution >= 0.6 is 15.9 Å². The lowest BCUT2D eigenvalue weighted by molar-refractivity contribution is 1.02. The minimum absolute atomic E-state index is 0.754. The van der Waals surface area contributed by atoms with Gasteiger partial charge in [-0.15, -0.1) is 0 Å². The lowest BCUT2D eigenvalue weighted by Crippen LogP contribution is -2.08. The van der Waals surface area contributed by atoms with Crippen LogP contribution in [0.4, 0.5) is 17.3 Å². The van der Waals surface area contributed by atoms with Gasteiger partial charge >= 0.3 is 0 Å². The lowest BCUT2D eigenvalue weighted by atomic mass is 10.1. The fraction of sp³-hybridized carbons (Fsp3) is 0.375. The van der Waals surface area contributed by atoms with Crippen molar-refractivity contribution in [1.29, 1.82) is 0 Å². The summed E-state index contributed by atoms with van der Waals surface area (Å²) >= 11 is 3.59. The Bertz CT molecular complexity index is 645. The number of nitrogens with zero attached hydrogens (tertiary/aromatic N) is 2. The van der Waals surface area contributed by atoms with Crippen LogP contribution in [-0.2, 0) is 0 Å². The van der Waals surface area contributed by atoms with Crippen LogP contribution in [-0.4, -0.2) is 16.5 Å². The van der Waals surface area contributed by atoms with Crippen molar-refractivity contribution in [1.82, 2.24) is 9.97 Å². The molecule has 0 radical (unpaired) electrons. The molecule has 0 fully saturated rings. The van der Waals surface area contributed by atoms with Crippen LogP contribution in [0.2, 0.25) is 0 Å². The van der Waals surface area contributed by atoms with E-state index in [-0.39, 0.29) is 0 Å². The molecule has 112 valence electrons. The van der Waals surface area contributed by atoms with Crippen molar-refractivity contribution in [2.45, 2.75) is 34.6 Å². The molecule has 1 aromatic heterocycles. The summed E-state index contributed by atoms with van der Waals surface area (Å²) < 4.78 is 1.15. The van der Waals surface area contributed by atoms with E-state index in [1.54, 1.807) is 0 Å². The number of nitrogens with one attached hydrogen (secondary N) is 2. The van der Waals surface area contributed by atoms with Gasteiger partial charge in [-0.3, -0.25) is 0 Å². The molecular weight excluding hydrogens is 328 g/mol. The van der Waals surface area contributed by atoms with E-state index in [1.807, 2.05) is 13.8 Å². The molecule has 0 aliphatic rings. The minimum atomic E-state index is 0.754. The molecule has 0 unspecified atom stereocenters. The Morgan fingerprint density at radius 2 is 1.57 bits per heavy atom. The van der Waals surface area contributed by atoms with Crippen LogP contribution in [0, 0.1) is 27.7 Å². The summed E-state index contributed by atoms with van der Waals surface area (Å²) in [6, 6.07) is 4.22. The molecular formula is C16H21BrN4. The predicted molar refractivity (Wildman–Crippen MR) is 92.6 cm³/mol. The van der Waals surface area contributed by atoms with Crippen molar-refractivity contribution in [2.24, 2.45) is 0 Å². The van der Waals surface area contributed by atoms with Crippen molar-refractivity contribution >= 4 is 33.3 Å². The van der Waals surface area contributed by atoms with E-state index in [4.69, 9.17) is 0 Å². The van der Waals surface area contributed by atoms with E-state index in [9.17, 15) is 0 Å². The van der Waals surface area contributed by atoms with E-state index >= 15 is 0 Å². The zero-order valence-electron chi connectivity index (χ0n) is 13.1. The van der Waals surface area contributed by atoms with Crippen LogP contribution in [0.3, 0.4) is 0 Å². The standard InChI is InChI=1S/C16H21BrN4/c1-6-18-15-11(4)16(20-12(5)19-15)21-13-7-9(2)14(17)10(3)8-13/h7-8H,6H2,1-5H3,(H2,18,19,20,21). The van der Waals surface area contributed by atoms with Gasteiger partial charge in [0.05, 0.1) is 0 Å². The predicted octanol–water partition coefficient (Wildman–Crippen LogP) is 4.65. The van der Waals surface area contributed by atoms with E-state index in [2.05, 4.69) is 69.4 Å². The van der Waals surface area contributed by atoms with Gasteiger partial charge in [0.25, 0.3) is 0 Å². The number of halogens is 1. The molecule has 0 spiro atoms. The highest BCUT2D eigenvalue weighted by molar-refractivity contribution is 9.10. The molecule has 1 heterocycles. The fourth-order valence-corrected chi connectivity index (χ4v) is 2.47. The molecule has 0 saturated carbocycles. The van der Waals surface area contributed by atoms with Gasteiger partial charge in [0, 0.05) is 22.3 Å². The average Bonchev–Trinajstić information content (AvgIpc) is 2.41. The molecule has 1 aromatic carbocycles. The zero-order valence-corrected chi connectivity index (χ0v) is 14.7. The van der Waals surface area contributed by atoms with Crippen LogP contribution < -0.4 is 10.6 Å². The van der Waals surface area contributed by atoms with Gasteiger partial charge in [0.15, 0.2) is 0 Å². The average molecular weight is 349 g/mol. The Hall–Kier alpha value is -1.62. The monoisotopic (exact) mass is 348 g/mol. The highest BCUT2D eigenvalue weighted by Crippen LogP contribution is 2.28. The molecule has 2 aromatic rings. The van der Waals surface area contributed by atoms with Gasteiger partial charge in [-0.1, -0.05) is 15.9 Å². The maximum atomic E-state index is 4.52. The van der Waals surface area contributed by atoms with Gasteiger partial charge in [0.1, 0.15) is 17.5 Å². The van der Waals surface area contributed by atoms with E-state index in [0.717, 1.165) is 39.7 Å². The van der Waals surface area contributed by atoms with Crippen LogP contribution in [0.25, 0.3) is 0 Å². The molecule has 4 nitrogen and oxygen atoms in total. The quantitative estimate of drug-likeness (QED) is 0.844. The second-order valence-electron chi connectivity index (χ2n) is 5.17. The van der Waals surface area contributed by atoms with Gasteiger partial charge < -0.3 is 10.6 Å². The normalized spacial score (nSPS) is 10.6. The summed E-state index contributed by atoms with van der Waals surface area (Å²) in [6.45, 7) is 11.0. The van der Waals surface area contributed by atoms with Gasteiger partial charge in [0.2, 0.25) is 0 Å². The van der Waals surface area contributed by atoms with Crippen molar-refractivity contribution in [3.63, 3.8) is 0 Å². The molecule has 2 rings (SSSR count). The summed E-state index contributed by atoms with van der Waals surface area (Å²) in [5.41, 5.74) is 4.47. The SMILES string of the molecule is CCNc1nc(C)nc(Nc2cc(C)c(Br)c(C)c2)c1C. The number of aromatic nitrogens is 2. The lowest BCUT2D eigenvalue weighted by Gasteiger charge is -2.15. The van der Waals surface area contributed by atoms with Gasteiger partial charge in [-0.2, -0.15) is 0 Å². The Labute approximate surface area is 134 Å². The van der Waals surface area contributed by atoms with E-state index in [1.165, 1.54) is 11.1 Å². The highest BCUT2D eigenvalue weighted by atomic mass is 79.9. The topological polar surface area (TPSA) is 49.8 Å². The third kappa shape index (κ3) is 3.53. The molecule has 0 amide bonds. The van der Waals surface area contributed by atoms with Crippen LogP contribution in [0.5, 0.6) is 0 Å². The van der Waals surface area contributed by atoms with Crippen LogP contribution in [0.15, 0.2) is 16.6 Å². The zero-order chi connectivity index (χ0) is 15.6. The third-order valence-corrected chi connectivity index (χ3v) is 4.55. The second-order valence-corrected chi connectivity index (χ2v) is 5.97. The summed E-state index contributed by atoms with van der Waals surface area (Å²) in [4.78, 5) is 8.96. The van der Waals surface area contributed by atoms with Gasteiger partial charge in [-0.05, 0) is 57.9 Å². The van der Waals surface area contributed by atoms with E-state index < -0.39 is 0 Å². The maximum Gasteiger partial charge on any atom is 0.139 e. The molecule has 0 aliphatic heterocycles. The van der Waals surface area contributed by atoms with Crippen molar-refractivity contribution in [3.8, 4) is 0 Å². The number of aryl methyl sites for hydroxylation is 3. The Morgan fingerprint density at radius 1 is 1.00 bits per heavy atom. The molecule has 2 N–H and O–H groups in total. The first kappa shape index (κ1) is 15.8. The molecule has 0 aliphatic carbocycles. The van der Waals surface area contributed by atoms with Crippen LogP contribution in [0.1, 0.15) is 29.4 Å². The third-order valence-electron chi connectivity index (χ3n) is 3.30. The number of benzene rings is 1. The number of rotatable bonds is 4. The molecule has 0 saturated heterocycles. The van der Waals surface area contributed by atoms with Gasteiger partial charge in [-0.25, -0.2) is 9.97 Å². The summed E-state index contributed by atoms with van der Waals surface area (Å²) in [6.07, 6.45) is 0. The summed E-state index contributed by atoms with van der Waals surface area (Å²) in [5, 5.41) is 6.68. The molecule has 5 heteroatoms. The van der Waals surface area contributed by atoms with Crippen molar-refractivity contribution in [2.75, 3.05) is 17.2 Å². The fourth-order valence-electron chi connectivity index (χ4n) is 2.24. The first-order valence-electron chi connectivity index (χ1n) is 7.05. The second kappa shape index (κ2) is 6.43. The first-order chi connectivity index (χ1) is 9.92. The smallest absolute Gasteiger partial charge is 0.139 e. The summed E-state index contributed by atoms with van der Waals surface area (Å²) in [5.74, 6) is 2.49. The largest absolute Gasteiger partial charge is 0.370 e. The molecule has 0 atom stereocenters. The Morgan fingerprint density at radius 3 is 2.14 bits per heavy atom. The number of hydrogen-bond acceptors (Lipinski definition) is 4.